The third-order valence-electron chi connectivity index (χ3n) is 5.00. The van der Waals surface area contributed by atoms with E-state index in [9.17, 15) is 28.1 Å². The van der Waals surface area contributed by atoms with Gasteiger partial charge in [-0.1, -0.05) is 6.07 Å². The van der Waals surface area contributed by atoms with Crippen LogP contribution >= 0.6 is 36.2 Å². The van der Waals surface area contributed by atoms with Crippen molar-refractivity contribution in [1.29, 1.82) is 0 Å². The zero-order chi connectivity index (χ0) is 27.4. The van der Waals surface area contributed by atoms with Crippen molar-refractivity contribution in [2.45, 2.75) is 4.90 Å². The second-order valence-corrected chi connectivity index (χ2v) is 11.3. The molecular formula is C22H18N6O6S4. The predicted molar refractivity (Wildman–Crippen MR) is 151 cm³/mol. The van der Waals surface area contributed by atoms with Gasteiger partial charge in [0.25, 0.3) is 15.7 Å². The maximum atomic E-state index is 12.8. The Bertz CT molecular complexity index is 1720. The summed E-state index contributed by atoms with van der Waals surface area (Å²) in [6.07, 6.45) is 0. The van der Waals surface area contributed by atoms with Crippen LogP contribution in [0.4, 0.5) is 27.5 Å². The number of carbonyl (C=O) groups excluding carboxylic acids is 2. The summed E-state index contributed by atoms with van der Waals surface area (Å²) in [5, 5.41) is 13.5. The van der Waals surface area contributed by atoms with E-state index in [4.69, 9.17) is 12.2 Å². The minimum Gasteiger partial charge on any atom is -0.325 e. The van der Waals surface area contributed by atoms with E-state index >= 15 is 0 Å². The Morgan fingerprint density at radius 1 is 1.03 bits per heavy atom. The maximum absolute atomic E-state index is 12.8. The van der Waals surface area contributed by atoms with Gasteiger partial charge in [-0.25, -0.2) is 17.8 Å². The van der Waals surface area contributed by atoms with Gasteiger partial charge in [-0.15, -0.1) is 11.3 Å². The summed E-state index contributed by atoms with van der Waals surface area (Å²) in [6.45, 7) is 0. The van der Waals surface area contributed by atoms with Gasteiger partial charge in [0.05, 0.1) is 31.5 Å². The highest BCUT2D eigenvalue weighted by molar-refractivity contribution is 7.92. The molecule has 4 N–H and O–H groups in total. The molecule has 0 radical (unpaired) electrons. The molecule has 16 heteroatoms. The van der Waals surface area contributed by atoms with Crippen LogP contribution in [0.1, 0.15) is 0 Å². The number of nitrogens with one attached hydrogen (secondary N) is 4. The lowest BCUT2D eigenvalue weighted by molar-refractivity contribution is -0.384. The summed E-state index contributed by atoms with van der Waals surface area (Å²) >= 11 is 10.2. The highest BCUT2D eigenvalue weighted by Crippen LogP contribution is 2.27. The van der Waals surface area contributed by atoms with Gasteiger partial charge >= 0.3 is 6.03 Å². The van der Waals surface area contributed by atoms with Crippen LogP contribution < -0.4 is 20.9 Å². The highest BCUT2D eigenvalue weighted by atomic mass is 32.2. The number of hydrogen-bond acceptors (Lipinski definition) is 10. The van der Waals surface area contributed by atoms with E-state index in [0.717, 1.165) is 11.3 Å². The summed E-state index contributed by atoms with van der Waals surface area (Å²) in [5.41, 5.74) is 6.54. The van der Waals surface area contributed by atoms with Crippen LogP contribution in [0, 0.1) is 14.1 Å². The zero-order valence-corrected chi connectivity index (χ0v) is 22.4. The van der Waals surface area contributed by atoms with Gasteiger partial charge in [0.1, 0.15) is 0 Å². The fourth-order valence-electron chi connectivity index (χ4n) is 3.27. The lowest BCUT2D eigenvalue weighted by Gasteiger charge is -2.12. The average Bonchev–Trinajstić information content (AvgIpc) is 3.22. The number of thiol groups is 1. The van der Waals surface area contributed by atoms with Gasteiger partial charge in [0.2, 0.25) is 5.91 Å². The number of benzene rings is 3. The number of nitro groups is 1. The number of hydrazine groups is 1. The van der Waals surface area contributed by atoms with E-state index < -0.39 is 21.0 Å². The number of nitrogens with zero attached hydrogens (tertiary/aromatic N) is 2. The SMILES string of the molecule is O=C(CS)Nc1cccc(S(=O)(=O)Nc2ccc(NNC(=O)n3c(=S)sc4cc([N+](=O)[O-])ccc43)cc2)c1. The Hall–Kier alpha value is -3.99. The fourth-order valence-corrected chi connectivity index (χ4v) is 5.81. The Kier molecular flexibility index (Phi) is 7.96. The Morgan fingerprint density at radius 3 is 2.42 bits per heavy atom. The largest absolute Gasteiger partial charge is 0.346 e. The Balaban J connectivity index is 1.42. The van der Waals surface area contributed by atoms with Gasteiger partial charge in [-0.05, 0) is 60.7 Å². The number of anilines is 3. The standard InChI is InChI=1S/C22H18N6O6S4/c29-20(12-35)23-15-2-1-3-17(10-15)38(33,34)26-14-6-4-13(5-7-14)24-25-21(30)27-18-9-8-16(28(31)32)11-19(18)37-22(27)36/h1-11,24,26,35H,12H2,(H,23,29)(H,25,30). The van der Waals surface area contributed by atoms with Gasteiger partial charge < -0.3 is 5.32 Å². The molecule has 0 fully saturated rings. The molecule has 196 valence electrons. The van der Waals surface area contributed by atoms with Crippen LogP contribution in [0.5, 0.6) is 0 Å². The summed E-state index contributed by atoms with van der Waals surface area (Å²) in [7, 11) is -3.95. The molecule has 1 aromatic heterocycles. The molecule has 38 heavy (non-hydrogen) atoms. The second kappa shape index (κ2) is 11.2. The number of amides is 2. The summed E-state index contributed by atoms with van der Waals surface area (Å²) in [6, 6.07) is 15.3. The van der Waals surface area contributed by atoms with Crippen molar-refractivity contribution in [3.63, 3.8) is 0 Å². The minimum absolute atomic E-state index is 0.0438. The van der Waals surface area contributed by atoms with Crippen molar-refractivity contribution in [3.05, 3.63) is 80.8 Å². The van der Waals surface area contributed by atoms with Crippen LogP contribution in [0.3, 0.4) is 0 Å². The third-order valence-corrected chi connectivity index (χ3v) is 8.00. The molecule has 0 spiro atoms. The fraction of sp³-hybridized carbons (Fsp3) is 0.0455. The zero-order valence-electron chi connectivity index (χ0n) is 19.1. The van der Waals surface area contributed by atoms with Crippen molar-refractivity contribution in [2.75, 3.05) is 21.2 Å². The van der Waals surface area contributed by atoms with Crippen LogP contribution in [0.25, 0.3) is 10.2 Å². The lowest BCUT2D eigenvalue weighted by Crippen LogP contribution is -2.33. The molecule has 0 aliphatic heterocycles. The number of aromatic nitrogens is 1. The van der Waals surface area contributed by atoms with Crippen LogP contribution in [0.15, 0.2) is 71.6 Å². The first kappa shape index (κ1) is 27.1. The van der Waals surface area contributed by atoms with Crippen molar-refractivity contribution >= 4 is 91.1 Å². The maximum Gasteiger partial charge on any atom is 0.346 e. The Morgan fingerprint density at radius 2 is 1.74 bits per heavy atom. The molecule has 0 atom stereocenters. The molecule has 0 saturated carbocycles. The van der Waals surface area contributed by atoms with Gasteiger partial charge in [0.15, 0.2) is 3.95 Å². The molecule has 0 bridgehead atoms. The number of hydrogen-bond donors (Lipinski definition) is 5. The highest BCUT2D eigenvalue weighted by Gasteiger charge is 2.17. The van der Waals surface area contributed by atoms with Crippen molar-refractivity contribution in [2.24, 2.45) is 0 Å². The first-order valence-electron chi connectivity index (χ1n) is 10.6. The first-order valence-corrected chi connectivity index (χ1v) is 13.9. The number of sulfonamides is 1. The smallest absolute Gasteiger partial charge is 0.325 e. The number of nitro benzene ring substituents is 1. The van der Waals surface area contributed by atoms with E-state index in [1.807, 2.05) is 0 Å². The van der Waals surface area contributed by atoms with Gasteiger partial charge in [-0.2, -0.15) is 12.6 Å². The molecule has 12 nitrogen and oxygen atoms in total. The molecule has 0 aliphatic rings. The monoisotopic (exact) mass is 590 g/mol. The summed E-state index contributed by atoms with van der Waals surface area (Å²) < 4.78 is 29.9. The number of carbonyl (C=O) groups is 2. The van der Waals surface area contributed by atoms with Crippen molar-refractivity contribution in [3.8, 4) is 0 Å². The number of fused-ring (bicyclic) bond motifs is 1. The number of thiazole rings is 1. The quantitative estimate of drug-likeness (QED) is 0.0860. The molecule has 3 aromatic carbocycles. The minimum atomic E-state index is -3.95. The number of rotatable bonds is 8. The summed E-state index contributed by atoms with van der Waals surface area (Å²) in [4.78, 5) is 34.7. The molecule has 2 amide bonds. The Labute approximate surface area is 230 Å². The summed E-state index contributed by atoms with van der Waals surface area (Å²) in [5.74, 6) is -0.415. The second-order valence-electron chi connectivity index (χ2n) is 7.58. The van der Waals surface area contributed by atoms with E-state index in [1.165, 1.54) is 65.2 Å². The molecular weight excluding hydrogens is 573 g/mol. The molecule has 0 unspecified atom stereocenters. The molecule has 4 aromatic rings. The first-order chi connectivity index (χ1) is 18.1. The van der Waals surface area contributed by atoms with Gasteiger partial charge in [0, 0.05) is 23.5 Å². The predicted octanol–water partition coefficient (Wildman–Crippen LogP) is 4.59. The van der Waals surface area contributed by atoms with E-state index in [-0.39, 0.29) is 31.9 Å². The van der Waals surface area contributed by atoms with Crippen LogP contribution in [-0.4, -0.2) is 35.6 Å². The average molecular weight is 591 g/mol. The normalized spacial score (nSPS) is 11.1. The number of non-ortho nitro benzene ring substituents is 1. The van der Waals surface area contributed by atoms with Gasteiger partial charge in [-0.3, -0.25) is 30.5 Å². The molecule has 4 rings (SSSR count). The van der Waals surface area contributed by atoms with Crippen LogP contribution in [-0.2, 0) is 14.8 Å². The molecule has 0 aliphatic carbocycles. The lowest BCUT2D eigenvalue weighted by atomic mass is 10.3. The van der Waals surface area contributed by atoms with E-state index in [2.05, 4.69) is 33.5 Å². The molecule has 0 saturated heterocycles. The van der Waals surface area contributed by atoms with E-state index in [1.54, 1.807) is 6.07 Å². The van der Waals surface area contributed by atoms with Crippen molar-refractivity contribution in [1.82, 2.24) is 9.99 Å². The molecule has 1 heterocycles. The topological polar surface area (TPSA) is 164 Å². The van der Waals surface area contributed by atoms with E-state index in [0.29, 0.717) is 21.6 Å². The third kappa shape index (κ3) is 6.10. The van der Waals surface area contributed by atoms with Crippen molar-refractivity contribution < 1.29 is 22.9 Å². The van der Waals surface area contributed by atoms with Crippen LogP contribution in [0.2, 0.25) is 0 Å².